The number of nitrogens with one attached hydrogen (secondary N) is 2. The standard InChI is InChI=1S/C16H22N2O3S.C5H8N2/c1-6-21-14-10-13-11(12(17-5)7-8-18-13)9-15(14)22(19,20)16(2,3)4;1-4-3-6-7-5(4)2/h7-10H,6H2,1-5H3,(H,17,18);3H,1-2H3,(H,6,7). The van der Waals surface area contributed by atoms with Crippen molar-refractivity contribution in [3.63, 3.8) is 0 Å². The van der Waals surface area contributed by atoms with Crippen molar-refractivity contribution in [2.45, 2.75) is 51.2 Å². The van der Waals surface area contributed by atoms with Gasteiger partial charge in [-0.05, 0) is 59.2 Å². The van der Waals surface area contributed by atoms with Crippen LogP contribution in [0.25, 0.3) is 10.9 Å². The van der Waals surface area contributed by atoms with Gasteiger partial charge in [-0.15, -0.1) is 0 Å². The second-order valence-electron chi connectivity index (χ2n) is 7.65. The van der Waals surface area contributed by atoms with E-state index in [-0.39, 0.29) is 4.90 Å². The summed E-state index contributed by atoms with van der Waals surface area (Å²) in [5.41, 5.74) is 3.90. The van der Waals surface area contributed by atoms with Crippen molar-refractivity contribution in [2.24, 2.45) is 0 Å². The Morgan fingerprint density at radius 3 is 2.34 bits per heavy atom. The van der Waals surface area contributed by atoms with Gasteiger partial charge >= 0.3 is 0 Å². The van der Waals surface area contributed by atoms with E-state index in [1.165, 1.54) is 5.56 Å². The highest BCUT2D eigenvalue weighted by molar-refractivity contribution is 7.92. The summed E-state index contributed by atoms with van der Waals surface area (Å²) in [6, 6.07) is 5.16. The molecule has 3 rings (SSSR count). The van der Waals surface area contributed by atoms with Gasteiger partial charge in [-0.25, -0.2) is 8.42 Å². The second kappa shape index (κ2) is 8.82. The van der Waals surface area contributed by atoms with Crippen LogP contribution in [-0.2, 0) is 9.84 Å². The second-order valence-corrected chi connectivity index (χ2v) is 10.3. The summed E-state index contributed by atoms with van der Waals surface area (Å²) in [5.74, 6) is 0.352. The Bertz CT molecular complexity index is 1070. The van der Waals surface area contributed by atoms with Gasteiger partial charge in [-0.1, -0.05) is 0 Å². The van der Waals surface area contributed by atoms with Crippen LogP contribution >= 0.6 is 0 Å². The molecular weight excluding hydrogens is 388 g/mol. The van der Waals surface area contributed by atoms with E-state index >= 15 is 0 Å². The third kappa shape index (κ3) is 4.87. The molecule has 29 heavy (non-hydrogen) atoms. The van der Waals surface area contributed by atoms with Crippen LogP contribution in [0.1, 0.15) is 39.0 Å². The zero-order chi connectivity index (χ0) is 21.8. The fraction of sp³-hybridized carbons (Fsp3) is 0.429. The molecule has 0 spiro atoms. The molecule has 0 aliphatic carbocycles. The predicted molar refractivity (Wildman–Crippen MR) is 117 cm³/mol. The molecule has 7 nitrogen and oxygen atoms in total. The molecule has 158 valence electrons. The maximum Gasteiger partial charge on any atom is 0.186 e. The summed E-state index contributed by atoms with van der Waals surface area (Å²) in [5, 5.41) is 10.4. The minimum absolute atomic E-state index is 0.207. The molecule has 0 saturated carbocycles. The van der Waals surface area contributed by atoms with Gasteiger partial charge < -0.3 is 10.1 Å². The van der Waals surface area contributed by atoms with Gasteiger partial charge in [-0.2, -0.15) is 5.10 Å². The average Bonchev–Trinajstić information content (AvgIpc) is 3.03. The van der Waals surface area contributed by atoms with Crippen LogP contribution in [0.5, 0.6) is 5.75 Å². The van der Waals surface area contributed by atoms with Crippen LogP contribution in [0.15, 0.2) is 35.5 Å². The number of aryl methyl sites for hydroxylation is 2. The highest BCUT2D eigenvalue weighted by Gasteiger charge is 2.34. The topological polar surface area (TPSA) is 97.0 Å². The van der Waals surface area contributed by atoms with Crippen molar-refractivity contribution in [2.75, 3.05) is 19.0 Å². The first-order valence-electron chi connectivity index (χ1n) is 9.47. The summed E-state index contributed by atoms with van der Waals surface area (Å²) in [7, 11) is -1.73. The van der Waals surface area contributed by atoms with Gasteiger partial charge in [0, 0.05) is 36.1 Å². The van der Waals surface area contributed by atoms with Crippen molar-refractivity contribution >= 4 is 26.4 Å². The number of pyridine rings is 1. The molecule has 0 saturated heterocycles. The van der Waals surface area contributed by atoms with Gasteiger partial charge in [0.25, 0.3) is 0 Å². The number of benzene rings is 1. The van der Waals surface area contributed by atoms with Crippen molar-refractivity contribution in [1.82, 2.24) is 15.2 Å². The fourth-order valence-electron chi connectivity index (χ4n) is 2.59. The highest BCUT2D eigenvalue weighted by Crippen LogP contribution is 2.36. The largest absolute Gasteiger partial charge is 0.492 e. The van der Waals surface area contributed by atoms with E-state index in [4.69, 9.17) is 4.74 Å². The molecule has 0 aliphatic heterocycles. The lowest BCUT2D eigenvalue weighted by Crippen LogP contribution is -2.28. The van der Waals surface area contributed by atoms with E-state index in [1.54, 1.807) is 46.1 Å². The van der Waals surface area contributed by atoms with Gasteiger partial charge in [0.1, 0.15) is 10.6 Å². The molecule has 8 heteroatoms. The number of aromatic amines is 1. The maximum absolute atomic E-state index is 12.9. The van der Waals surface area contributed by atoms with Crippen molar-refractivity contribution in [3.8, 4) is 5.75 Å². The van der Waals surface area contributed by atoms with Gasteiger partial charge in [0.2, 0.25) is 0 Å². The number of aromatic nitrogens is 3. The first-order chi connectivity index (χ1) is 13.5. The van der Waals surface area contributed by atoms with Crippen LogP contribution in [0.2, 0.25) is 0 Å². The number of nitrogens with zero attached hydrogens (tertiary/aromatic N) is 2. The molecule has 1 aromatic carbocycles. The Morgan fingerprint density at radius 1 is 1.21 bits per heavy atom. The zero-order valence-electron chi connectivity index (χ0n) is 18.1. The molecule has 2 aromatic heterocycles. The molecule has 0 fully saturated rings. The van der Waals surface area contributed by atoms with Crippen LogP contribution in [0.4, 0.5) is 5.69 Å². The Labute approximate surface area is 172 Å². The number of rotatable bonds is 4. The number of hydrogen-bond acceptors (Lipinski definition) is 6. The summed E-state index contributed by atoms with van der Waals surface area (Å²) in [4.78, 5) is 4.51. The molecule has 3 aromatic rings. The lowest BCUT2D eigenvalue weighted by molar-refractivity contribution is 0.331. The summed E-state index contributed by atoms with van der Waals surface area (Å²) in [6.45, 7) is 11.3. The summed E-state index contributed by atoms with van der Waals surface area (Å²) in [6.07, 6.45) is 3.50. The van der Waals surface area contributed by atoms with E-state index < -0.39 is 14.6 Å². The highest BCUT2D eigenvalue weighted by atomic mass is 32.2. The van der Waals surface area contributed by atoms with Crippen LogP contribution in [0, 0.1) is 13.8 Å². The number of ether oxygens (including phenoxy) is 1. The number of fused-ring (bicyclic) bond motifs is 1. The minimum Gasteiger partial charge on any atom is -0.492 e. The third-order valence-corrected chi connectivity index (χ3v) is 7.06. The first kappa shape index (κ1) is 22.7. The number of hydrogen-bond donors (Lipinski definition) is 2. The monoisotopic (exact) mass is 418 g/mol. The Hall–Kier alpha value is -2.61. The van der Waals surface area contributed by atoms with Gasteiger partial charge in [-0.3, -0.25) is 10.1 Å². The first-order valence-corrected chi connectivity index (χ1v) is 11.0. The van der Waals surface area contributed by atoms with E-state index in [1.807, 2.05) is 33.0 Å². The Kier molecular flexibility index (Phi) is 6.89. The average molecular weight is 419 g/mol. The van der Waals surface area contributed by atoms with E-state index in [0.29, 0.717) is 17.9 Å². The fourth-order valence-corrected chi connectivity index (χ4v) is 3.91. The minimum atomic E-state index is -3.53. The van der Waals surface area contributed by atoms with E-state index in [2.05, 4.69) is 20.5 Å². The van der Waals surface area contributed by atoms with E-state index in [0.717, 1.165) is 16.8 Å². The van der Waals surface area contributed by atoms with Crippen molar-refractivity contribution in [1.29, 1.82) is 0 Å². The van der Waals surface area contributed by atoms with Gasteiger partial charge in [0.15, 0.2) is 9.84 Å². The summed E-state index contributed by atoms with van der Waals surface area (Å²) < 4.78 is 30.4. The van der Waals surface area contributed by atoms with Crippen molar-refractivity contribution in [3.05, 3.63) is 41.9 Å². The molecular formula is C21H30N4O3S. The number of H-pyrrole nitrogens is 1. The number of anilines is 1. The molecule has 0 atom stereocenters. The lowest BCUT2D eigenvalue weighted by atomic mass is 10.2. The molecule has 0 bridgehead atoms. The molecule has 0 unspecified atom stereocenters. The Morgan fingerprint density at radius 2 is 1.90 bits per heavy atom. The lowest BCUT2D eigenvalue weighted by Gasteiger charge is -2.22. The zero-order valence-corrected chi connectivity index (χ0v) is 18.9. The van der Waals surface area contributed by atoms with E-state index in [9.17, 15) is 8.42 Å². The normalized spacial score (nSPS) is 11.7. The van der Waals surface area contributed by atoms with Crippen LogP contribution in [-0.4, -0.2) is 42.0 Å². The molecule has 0 amide bonds. The quantitative estimate of drug-likeness (QED) is 0.657. The third-order valence-electron chi connectivity index (χ3n) is 4.55. The molecule has 0 aliphatic rings. The predicted octanol–water partition coefficient (Wildman–Crippen LogP) is 4.27. The maximum atomic E-state index is 12.9. The van der Waals surface area contributed by atoms with Gasteiger partial charge in [0.05, 0.1) is 23.1 Å². The Balaban J connectivity index is 0.000000360. The smallest absolute Gasteiger partial charge is 0.186 e. The summed E-state index contributed by atoms with van der Waals surface area (Å²) >= 11 is 0. The van der Waals surface area contributed by atoms with Crippen molar-refractivity contribution < 1.29 is 13.2 Å². The molecule has 2 heterocycles. The van der Waals surface area contributed by atoms with Crippen LogP contribution in [0.3, 0.4) is 0 Å². The molecule has 0 radical (unpaired) electrons. The molecule has 2 N–H and O–H groups in total. The number of sulfone groups is 1. The van der Waals surface area contributed by atoms with Crippen LogP contribution < -0.4 is 10.1 Å². The SMILES string of the molecule is CCOc1cc2nccc(NC)c2cc1S(=O)(=O)C(C)(C)C.Cc1cn[nH]c1C.